The lowest BCUT2D eigenvalue weighted by Crippen LogP contribution is -2.00. The van der Waals surface area contributed by atoms with E-state index < -0.39 is 0 Å². The number of aromatic hydroxyl groups is 2. The summed E-state index contributed by atoms with van der Waals surface area (Å²) in [6.45, 7) is 4.48. The molecule has 0 saturated carbocycles. The summed E-state index contributed by atoms with van der Waals surface area (Å²) < 4.78 is 1.10. The van der Waals surface area contributed by atoms with E-state index in [2.05, 4.69) is 36.4 Å². The van der Waals surface area contributed by atoms with E-state index >= 15 is 0 Å². The Kier molecular flexibility index (Phi) is 12.4. The molecule has 0 fully saturated rings. The van der Waals surface area contributed by atoms with Crippen molar-refractivity contribution in [1.29, 1.82) is 0 Å². The fourth-order valence-electron chi connectivity index (χ4n) is 3.42. The second-order valence-corrected chi connectivity index (χ2v) is 8.38. The van der Waals surface area contributed by atoms with Gasteiger partial charge in [0.05, 0.1) is 0 Å². The summed E-state index contributed by atoms with van der Waals surface area (Å²) in [5.41, 5.74) is 2.26. The molecule has 0 atom stereocenters. The molecule has 3 heteroatoms. The van der Waals surface area contributed by atoms with Gasteiger partial charge in [-0.2, -0.15) is 0 Å². The first kappa shape index (κ1) is 22.6. The van der Waals surface area contributed by atoms with Crippen LogP contribution in [0.4, 0.5) is 0 Å². The van der Waals surface area contributed by atoms with Crippen LogP contribution in [0.3, 0.4) is 0 Å². The summed E-state index contributed by atoms with van der Waals surface area (Å²) in [6, 6.07) is 1.72. The molecule has 0 radical (unpaired) electrons. The van der Waals surface area contributed by atoms with Crippen LogP contribution in [0.2, 0.25) is 0 Å². The van der Waals surface area contributed by atoms with Gasteiger partial charge in [-0.15, -0.1) is 0 Å². The van der Waals surface area contributed by atoms with Crippen LogP contribution >= 0.6 is 22.6 Å². The Morgan fingerprint density at radius 1 is 0.680 bits per heavy atom. The van der Waals surface area contributed by atoms with Crippen molar-refractivity contribution in [2.75, 3.05) is 0 Å². The lowest BCUT2D eigenvalue weighted by atomic mass is 9.95. The van der Waals surface area contributed by atoms with Crippen molar-refractivity contribution in [3.05, 3.63) is 20.8 Å². The minimum absolute atomic E-state index is 0.0390. The fourth-order valence-corrected chi connectivity index (χ4v) is 4.31. The van der Waals surface area contributed by atoms with Crippen molar-refractivity contribution in [3.8, 4) is 11.5 Å². The molecule has 0 aromatic heterocycles. The Morgan fingerprint density at radius 3 is 1.64 bits per heavy atom. The van der Waals surface area contributed by atoms with Gasteiger partial charge in [0.25, 0.3) is 0 Å². The molecule has 2 N–H and O–H groups in total. The number of halogens is 1. The number of benzene rings is 1. The van der Waals surface area contributed by atoms with Gasteiger partial charge < -0.3 is 10.2 Å². The molecule has 0 aliphatic rings. The normalized spacial score (nSPS) is 11.2. The van der Waals surface area contributed by atoms with E-state index in [4.69, 9.17) is 0 Å². The Morgan fingerprint density at radius 2 is 1.12 bits per heavy atom. The first-order chi connectivity index (χ1) is 12.1. The zero-order chi connectivity index (χ0) is 18.5. The van der Waals surface area contributed by atoms with Gasteiger partial charge in [0.15, 0.2) is 11.5 Å². The molecular formula is C22H37IO2. The van der Waals surface area contributed by atoms with Crippen LogP contribution in [0, 0.1) is 3.57 Å². The maximum absolute atomic E-state index is 10.4. The molecule has 144 valence electrons. The van der Waals surface area contributed by atoms with E-state index in [1.165, 1.54) is 76.2 Å². The summed E-state index contributed by atoms with van der Waals surface area (Å²) in [6.07, 6.45) is 17.1. The van der Waals surface area contributed by atoms with Gasteiger partial charge in [-0.3, -0.25) is 0 Å². The number of rotatable bonds is 14. The lowest BCUT2D eigenvalue weighted by Gasteiger charge is -2.15. The molecule has 1 rings (SSSR count). The monoisotopic (exact) mass is 460 g/mol. The molecule has 0 heterocycles. The number of unbranched alkanes of at least 4 members (excludes halogenated alkanes) is 10. The van der Waals surface area contributed by atoms with Crippen molar-refractivity contribution in [2.45, 2.75) is 104 Å². The summed E-state index contributed by atoms with van der Waals surface area (Å²) in [5.74, 6) is 0.159. The molecule has 1 aromatic rings. The van der Waals surface area contributed by atoms with Crippen LogP contribution in [0.15, 0.2) is 6.07 Å². The minimum Gasteiger partial charge on any atom is -0.504 e. The second kappa shape index (κ2) is 13.7. The quantitative estimate of drug-likeness (QED) is 0.171. The summed E-state index contributed by atoms with van der Waals surface area (Å²) in [5, 5.41) is 20.4. The van der Waals surface area contributed by atoms with Gasteiger partial charge >= 0.3 is 0 Å². The smallest absolute Gasteiger partial charge is 0.161 e. The topological polar surface area (TPSA) is 40.5 Å². The van der Waals surface area contributed by atoms with Crippen LogP contribution in [0.5, 0.6) is 11.5 Å². The summed E-state index contributed by atoms with van der Waals surface area (Å²) in [7, 11) is 0. The molecule has 0 amide bonds. The maximum atomic E-state index is 10.4. The van der Waals surface area contributed by atoms with E-state index in [0.29, 0.717) is 0 Å². The van der Waals surface area contributed by atoms with E-state index in [0.717, 1.165) is 28.4 Å². The van der Waals surface area contributed by atoms with Gasteiger partial charge in [0, 0.05) is 9.13 Å². The minimum atomic E-state index is 0.0390. The van der Waals surface area contributed by atoms with Crippen molar-refractivity contribution in [1.82, 2.24) is 0 Å². The van der Waals surface area contributed by atoms with Crippen molar-refractivity contribution in [3.63, 3.8) is 0 Å². The fraction of sp³-hybridized carbons (Fsp3) is 0.727. The standard InChI is InChI=1S/C22H37IO2/c1-3-5-7-9-11-13-15-18-19(16-14-12-10-8-6-4-2)22(25)21(24)17-20(18)23/h17,24-25H,3-16H2,1-2H3. The first-order valence-corrected chi connectivity index (χ1v) is 11.4. The highest BCUT2D eigenvalue weighted by Crippen LogP contribution is 2.36. The van der Waals surface area contributed by atoms with Crippen LogP contribution in [0.1, 0.15) is 102 Å². The average molecular weight is 460 g/mol. The SMILES string of the molecule is CCCCCCCCc1c(I)cc(O)c(O)c1CCCCCCCC. The zero-order valence-electron chi connectivity index (χ0n) is 16.2. The third kappa shape index (κ3) is 8.65. The van der Waals surface area contributed by atoms with Crippen LogP contribution in [-0.4, -0.2) is 10.2 Å². The largest absolute Gasteiger partial charge is 0.504 e. The van der Waals surface area contributed by atoms with Gasteiger partial charge in [0.1, 0.15) is 0 Å². The van der Waals surface area contributed by atoms with Crippen molar-refractivity contribution in [2.24, 2.45) is 0 Å². The van der Waals surface area contributed by atoms with Crippen LogP contribution in [-0.2, 0) is 12.8 Å². The molecular weight excluding hydrogens is 423 g/mol. The number of phenols is 2. The van der Waals surface area contributed by atoms with Crippen LogP contribution < -0.4 is 0 Å². The second-order valence-electron chi connectivity index (χ2n) is 7.22. The predicted octanol–water partition coefficient (Wildman–Crippen LogP) is 7.51. The van der Waals surface area contributed by atoms with Crippen molar-refractivity contribution >= 4 is 22.6 Å². The van der Waals surface area contributed by atoms with Crippen LogP contribution in [0.25, 0.3) is 0 Å². The number of hydrogen-bond donors (Lipinski definition) is 2. The van der Waals surface area contributed by atoms with E-state index in [9.17, 15) is 10.2 Å². The van der Waals surface area contributed by atoms with Gasteiger partial charge in [-0.05, 0) is 59.9 Å². The first-order valence-electron chi connectivity index (χ1n) is 10.3. The lowest BCUT2D eigenvalue weighted by molar-refractivity contribution is 0.397. The Balaban J connectivity index is 2.57. The molecule has 25 heavy (non-hydrogen) atoms. The maximum Gasteiger partial charge on any atom is 0.161 e. The third-order valence-electron chi connectivity index (χ3n) is 5.01. The Hall–Kier alpha value is -0.450. The molecule has 0 saturated heterocycles. The van der Waals surface area contributed by atoms with Gasteiger partial charge in [0.2, 0.25) is 0 Å². The third-order valence-corrected chi connectivity index (χ3v) is 5.97. The van der Waals surface area contributed by atoms with Gasteiger partial charge in [-0.25, -0.2) is 0 Å². The average Bonchev–Trinajstić information content (AvgIpc) is 2.59. The van der Waals surface area contributed by atoms with E-state index in [-0.39, 0.29) is 11.5 Å². The molecule has 0 bridgehead atoms. The highest BCUT2D eigenvalue weighted by atomic mass is 127. The zero-order valence-corrected chi connectivity index (χ0v) is 18.4. The molecule has 1 aromatic carbocycles. The van der Waals surface area contributed by atoms with E-state index in [1.54, 1.807) is 6.07 Å². The Labute approximate surface area is 168 Å². The molecule has 0 aliphatic heterocycles. The summed E-state index contributed by atoms with van der Waals surface area (Å²) in [4.78, 5) is 0. The van der Waals surface area contributed by atoms with E-state index in [1.807, 2.05) is 0 Å². The number of phenolic OH excluding ortho intramolecular Hbond substituents is 2. The molecule has 0 aliphatic carbocycles. The number of hydrogen-bond acceptors (Lipinski definition) is 2. The molecule has 0 spiro atoms. The molecule has 2 nitrogen and oxygen atoms in total. The van der Waals surface area contributed by atoms with Crippen molar-refractivity contribution < 1.29 is 10.2 Å². The van der Waals surface area contributed by atoms with Gasteiger partial charge in [-0.1, -0.05) is 78.1 Å². The Bertz CT molecular complexity index is 485. The summed E-state index contributed by atoms with van der Waals surface area (Å²) >= 11 is 2.31. The molecule has 0 unspecified atom stereocenters. The predicted molar refractivity (Wildman–Crippen MR) is 117 cm³/mol. The highest BCUT2D eigenvalue weighted by molar-refractivity contribution is 14.1. The highest BCUT2D eigenvalue weighted by Gasteiger charge is 2.15.